The van der Waals surface area contributed by atoms with E-state index in [4.69, 9.17) is 4.74 Å². The molecule has 0 saturated carbocycles. The van der Waals surface area contributed by atoms with Crippen LogP contribution in [0.5, 0.6) is 0 Å². The van der Waals surface area contributed by atoms with Crippen molar-refractivity contribution in [1.82, 2.24) is 4.90 Å². The summed E-state index contributed by atoms with van der Waals surface area (Å²) >= 11 is 2.19. The molecule has 0 heterocycles. The first-order valence-electron chi connectivity index (χ1n) is 7.61. The van der Waals surface area contributed by atoms with Crippen LogP contribution in [0.25, 0.3) is 0 Å². The van der Waals surface area contributed by atoms with Crippen molar-refractivity contribution in [1.29, 1.82) is 0 Å². The van der Waals surface area contributed by atoms with Crippen molar-refractivity contribution < 1.29 is 19.4 Å². The minimum absolute atomic E-state index is 0.255. The van der Waals surface area contributed by atoms with Gasteiger partial charge in [-0.05, 0) is 67.5 Å². The van der Waals surface area contributed by atoms with Crippen LogP contribution >= 0.6 is 22.6 Å². The van der Waals surface area contributed by atoms with Gasteiger partial charge in [-0.15, -0.1) is 0 Å². The van der Waals surface area contributed by atoms with Gasteiger partial charge in [0.25, 0.3) is 0 Å². The molecule has 0 aliphatic heterocycles. The number of amides is 1. The second-order valence-electron chi connectivity index (χ2n) is 6.36. The maximum Gasteiger partial charge on any atom is 0.411 e. The van der Waals surface area contributed by atoms with Crippen LogP contribution < -0.4 is 0 Å². The first-order valence-corrected chi connectivity index (χ1v) is 8.68. The molecule has 1 N–H and O–H groups in total. The Morgan fingerprint density at radius 3 is 2.26 bits per heavy atom. The van der Waals surface area contributed by atoms with Gasteiger partial charge in [0.05, 0.1) is 0 Å². The number of nitrogens with zero attached hydrogens (tertiary/aromatic N) is 1. The number of carboxylic acid groups (broad SMARTS) is 1. The Hall–Kier alpha value is -1.31. The van der Waals surface area contributed by atoms with E-state index < -0.39 is 23.7 Å². The molecule has 0 unspecified atom stereocenters. The van der Waals surface area contributed by atoms with Gasteiger partial charge in [-0.25, -0.2) is 9.59 Å². The Kier molecular flexibility index (Phi) is 7.31. The van der Waals surface area contributed by atoms with Crippen LogP contribution in [0.2, 0.25) is 0 Å². The van der Waals surface area contributed by atoms with E-state index in [0.717, 1.165) is 9.13 Å². The normalized spacial score (nSPS) is 12.6. The molecule has 0 spiro atoms. The van der Waals surface area contributed by atoms with Gasteiger partial charge in [-0.1, -0.05) is 19.1 Å². The maximum atomic E-state index is 12.4. The van der Waals surface area contributed by atoms with Gasteiger partial charge in [-0.2, -0.15) is 0 Å². The molecule has 0 fully saturated rings. The number of hydrogen-bond acceptors (Lipinski definition) is 3. The minimum atomic E-state index is -1.03. The highest BCUT2D eigenvalue weighted by Crippen LogP contribution is 2.17. The van der Waals surface area contributed by atoms with Crippen molar-refractivity contribution in [3.63, 3.8) is 0 Å². The van der Waals surface area contributed by atoms with Gasteiger partial charge in [0, 0.05) is 16.5 Å². The Bertz CT molecular complexity index is 537. The van der Waals surface area contributed by atoms with Crippen LogP contribution in [0.1, 0.15) is 39.7 Å². The predicted octanol–water partition coefficient (Wildman–Crippen LogP) is 3.93. The molecule has 1 aromatic carbocycles. The molecule has 0 aliphatic carbocycles. The lowest BCUT2D eigenvalue weighted by Gasteiger charge is -2.31. The third kappa shape index (κ3) is 6.76. The number of ether oxygens (including phenoxy) is 1. The van der Waals surface area contributed by atoms with Crippen molar-refractivity contribution in [2.24, 2.45) is 0 Å². The van der Waals surface area contributed by atoms with Crippen molar-refractivity contribution in [2.75, 3.05) is 6.54 Å². The van der Waals surface area contributed by atoms with Gasteiger partial charge >= 0.3 is 12.1 Å². The second-order valence-corrected chi connectivity index (χ2v) is 7.60. The van der Waals surface area contributed by atoms with E-state index in [1.807, 2.05) is 31.2 Å². The number of benzene rings is 1. The van der Waals surface area contributed by atoms with Crippen LogP contribution in [0.3, 0.4) is 0 Å². The van der Waals surface area contributed by atoms with E-state index in [1.165, 1.54) is 4.90 Å². The summed E-state index contributed by atoms with van der Waals surface area (Å²) in [7, 11) is 0. The average molecular weight is 433 g/mol. The van der Waals surface area contributed by atoms with Crippen molar-refractivity contribution in [3.8, 4) is 0 Å². The van der Waals surface area contributed by atoms with Crippen LogP contribution in [-0.2, 0) is 16.0 Å². The molecule has 1 rings (SSSR count). The molecule has 1 aromatic rings. The fourth-order valence-electron chi connectivity index (χ4n) is 2.11. The first-order chi connectivity index (χ1) is 10.6. The van der Waals surface area contributed by atoms with E-state index in [9.17, 15) is 14.7 Å². The molecule has 6 heteroatoms. The molecular weight excluding hydrogens is 409 g/mol. The molecule has 1 atom stereocenters. The summed E-state index contributed by atoms with van der Waals surface area (Å²) in [6, 6.07) is 6.68. The number of carboxylic acids is 1. The quantitative estimate of drug-likeness (QED) is 0.691. The second kappa shape index (κ2) is 8.52. The summed E-state index contributed by atoms with van der Waals surface area (Å²) in [6.45, 7) is 7.55. The lowest BCUT2D eigenvalue weighted by molar-refractivity contribution is -0.143. The summed E-state index contributed by atoms with van der Waals surface area (Å²) < 4.78 is 6.44. The molecule has 0 bridgehead atoms. The van der Waals surface area contributed by atoms with Crippen molar-refractivity contribution in [2.45, 2.75) is 52.2 Å². The molecule has 1 amide bonds. The van der Waals surface area contributed by atoms with E-state index in [1.54, 1.807) is 20.8 Å². The standard InChI is InChI=1S/C17H24INO4/c1-5-10-19(16(22)23-17(2,3)4)14(15(20)21)11-12-6-8-13(18)9-7-12/h6-9,14H,5,10-11H2,1-4H3,(H,20,21)/t14-/m1/s1. The number of aliphatic carboxylic acids is 1. The van der Waals surface area contributed by atoms with Gasteiger partial charge < -0.3 is 9.84 Å². The number of carbonyl (C=O) groups excluding carboxylic acids is 1. The molecular formula is C17H24INO4. The van der Waals surface area contributed by atoms with E-state index in [0.29, 0.717) is 13.0 Å². The number of hydrogen-bond donors (Lipinski definition) is 1. The third-order valence-corrected chi connectivity index (χ3v) is 3.82. The van der Waals surface area contributed by atoms with Gasteiger partial charge in [-0.3, -0.25) is 4.90 Å². The first kappa shape index (κ1) is 19.7. The highest BCUT2D eigenvalue weighted by Gasteiger charge is 2.32. The minimum Gasteiger partial charge on any atom is -0.480 e. The molecule has 5 nitrogen and oxygen atoms in total. The molecule has 0 saturated heterocycles. The van der Waals surface area contributed by atoms with Crippen LogP contribution in [0.4, 0.5) is 4.79 Å². The molecule has 0 radical (unpaired) electrons. The molecule has 0 aromatic heterocycles. The van der Waals surface area contributed by atoms with Crippen LogP contribution in [0.15, 0.2) is 24.3 Å². The summed E-state index contributed by atoms with van der Waals surface area (Å²) in [5, 5.41) is 9.58. The molecule has 0 aliphatic rings. The summed E-state index contributed by atoms with van der Waals surface area (Å²) in [6.07, 6.45) is 0.332. The fraction of sp³-hybridized carbons (Fsp3) is 0.529. The number of rotatable bonds is 6. The third-order valence-electron chi connectivity index (χ3n) is 3.10. The van der Waals surface area contributed by atoms with Gasteiger partial charge in [0.1, 0.15) is 11.6 Å². The predicted molar refractivity (Wildman–Crippen MR) is 97.5 cm³/mol. The zero-order valence-electron chi connectivity index (χ0n) is 14.0. The fourth-order valence-corrected chi connectivity index (χ4v) is 2.47. The number of halogens is 1. The summed E-state index contributed by atoms with van der Waals surface area (Å²) in [4.78, 5) is 25.4. The largest absolute Gasteiger partial charge is 0.480 e. The van der Waals surface area contributed by atoms with Crippen molar-refractivity contribution in [3.05, 3.63) is 33.4 Å². The summed E-state index contributed by atoms with van der Waals surface area (Å²) in [5.74, 6) is -1.03. The van der Waals surface area contributed by atoms with Gasteiger partial charge in [0.2, 0.25) is 0 Å². The Morgan fingerprint density at radius 2 is 1.83 bits per heavy atom. The zero-order valence-corrected chi connectivity index (χ0v) is 16.2. The highest BCUT2D eigenvalue weighted by molar-refractivity contribution is 14.1. The van der Waals surface area contributed by atoms with E-state index >= 15 is 0 Å². The highest BCUT2D eigenvalue weighted by atomic mass is 127. The van der Waals surface area contributed by atoms with E-state index in [-0.39, 0.29) is 6.42 Å². The number of carbonyl (C=O) groups is 2. The maximum absolute atomic E-state index is 12.4. The lowest BCUT2D eigenvalue weighted by Crippen LogP contribution is -2.48. The summed E-state index contributed by atoms with van der Waals surface area (Å²) in [5.41, 5.74) is 0.220. The lowest BCUT2D eigenvalue weighted by atomic mass is 10.0. The Morgan fingerprint density at radius 1 is 1.26 bits per heavy atom. The zero-order chi connectivity index (χ0) is 17.6. The van der Waals surface area contributed by atoms with E-state index in [2.05, 4.69) is 22.6 Å². The monoisotopic (exact) mass is 433 g/mol. The SMILES string of the molecule is CCCN(C(=O)OC(C)(C)C)[C@H](Cc1ccc(I)cc1)C(=O)O. The Labute approximate surface area is 151 Å². The average Bonchev–Trinajstić information content (AvgIpc) is 2.42. The van der Waals surface area contributed by atoms with Crippen LogP contribution in [-0.4, -0.2) is 40.3 Å². The van der Waals surface area contributed by atoms with Gasteiger partial charge in [0.15, 0.2) is 0 Å². The molecule has 23 heavy (non-hydrogen) atoms. The molecule has 128 valence electrons. The smallest absolute Gasteiger partial charge is 0.411 e. The Balaban J connectivity index is 2.99. The van der Waals surface area contributed by atoms with Crippen LogP contribution in [0, 0.1) is 3.57 Å². The topological polar surface area (TPSA) is 66.8 Å². The van der Waals surface area contributed by atoms with Crippen molar-refractivity contribution >= 4 is 34.7 Å².